The molecule has 3 fully saturated rings. The zero-order chi connectivity index (χ0) is 22.7. The number of hydrogen-bond acceptors (Lipinski definition) is 5. The number of ether oxygens (including phenoxy) is 2. The normalized spacial score (nSPS) is 37.1. The third kappa shape index (κ3) is 3.65. The summed E-state index contributed by atoms with van der Waals surface area (Å²) in [5.74, 6) is 0.236. The van der Waals surface area contributed by atoms with Gasteiger partial charge in [0.1, 0.15) is 0 Å². The molecule has 1 aromatic rings. The highest BCUT2D eigenvalue weighted by molar-refractivity contribution is 8.00. The molecule has 1 N–H and O–H groups in total. The Morgan fingerprint density at radius 1 is 1.31 bits per heavy atom. The van der Waals surface area contributed by atoms with Crippen LogP contribution < -0.4 is 5.32 Å². The number of alkyl halides is 3. The van der Waals surface area contributed by atoms with Gasteiger partial charge >= 0.3 is 6.18 Å². The largest absolute Gasteiger partial charge is 0.416 e. The zero-order valence-corrected chi connectivity index (χ0v) is 19.1. The molecule has 176 valence electrons. The molecule has 5 rings (SSSR count). The summed E-state index contributed by atoms with van der Waals surface area (Å²) < 4.78 is 50.6. The summed E-state index contributed by atoms with van der Waals surface area (Å²) in [6.07, 6.45) is -1.000. The highest BCUT2D eigenvalue weighted by Gasteiger charge is 2.61. The lowest BCUT2D eigenvalue weighted by molar-refractivity contribution is -0.137. The lowest BCUT2D eigenvalue weighted by atomic mass is 9.76. The second-order valence-electron chi connectivity index (χ2n) is 9.56. The Labute approximate surface area is 190 Å². The number of thioether (sulfide) groups is 1. The first-order chi connectivity index (χ1) is 15.2. The SMILES string of the molecule is COC1COCCC1N[C@@H]1CC[C@@]2(C1)C(=O)N1Cc3cc(C(F)(F)F)ccc3SC1C2C. The van der Waals surface area contributed by atoms with E-state index >= 15 is 0 Å². The van der Waals surface area contributed by atoms with Gasteiger partial charge in [-0.15, -0.1) is 11.8 Å². The number of amides is 1. The number of benzene rings is 1. The van der Waals surface area contributed by atoms with Gasteiger partial charge in [0.2, 0.25) is 5.91 Å². The Morgan fingerprint density at radius 2 is 2.12 bits per heavy atom. The van der Waals surface area contributed by atoms with Gasteiger partial charge in [-0.3, -0.25) is 4.79 Å². The van der Waals surface area contributed by atoms with Crippen molar-refractivity contribution in [3.63, 3.8) is 0 Å². The first-order valence-corrected chi connectivity index (χ1v) is 12.2. The topological polar surface area (TPSA) is 50.8 Å². The Kier molecular flexibility index (Phi) is 5.75. The maximum absolute atomic E-state index is 13.6. The second kappa shape index (κ2) is 8.18. The van der Waals surface area contributed by atoms with Crippen LogP contribution in [0.4, 0.5) is 13.2 Å². The van der Waals surface area contributed by atoms with Gasteiger partial charge in [-0.25, -0.2) is 0 Å². The van der Waals surface area contributed by atoms with Crippen molar-refractivity contribution < 1.29 is 27.4 Å². The molecule has 4 unspecified atom stereocenters. The molecule has 0 radical (unpaired) electrons. The van der Waals surface area contributed by atoms with Crippen molar-refractivity contribution in [2.75, 3.05) is 20.3 Å². The zero-order valence-electron chi connectivity index (χ0n) is 18.3. The van der Waals surface area contributed by atoms with E-state index in [1.165, 1.54) is 6.07 Å². The molecule has 3 heterocycles. The maximum atomic E-state index is 13.6. The van der Waals surface area contributed by atoms with E-state index in [-0.39, 0.29) is 41.9 Å². The molecule has 4 aliphatic rings. The Hall–Kier alpha value is -1.29. The minimum absolute atomic E-state index is 0.0104. The molecule has 5 nitrogen and oxygen atoms in total. The van der Waals surface area contributed by atoms with Crippen molar-refractivity contribution >= 4 is 17.7 Å². The third-order valence-corrected chi connectivity index (χ3v) is 9.43. The number of halogens is 3. The van der Waals surface area contributed by atoms with Gasteiger partial charge in [0.05, 0.1) is 29.1 Å². The summed E-state index contributed by atoms with van der Waals surface area (Å²) in [4.78, 5) is 16.3. The quantitative estimate of drug-likeness (QED) is 0.723. The molecular weight excluding hydrogens is 441 g/mol. The molecule has 32 heavy (non-hydrogen) atoms. The molecule has 0 aromatic heterocycles. The summed E-state index contributed by atoms with van der Waals surface area (Å²) in [5.41, 5.74) is -0.506. The van der Waals surface area contributed by atoms with Crippen LogP contribution in [0, 0.1) is 11.3 Å². The van der Waals surface area contributed by atoms with Gasteiger partial charge in [0.25, 0.3) is 0 Å². The van der Waals surface area contributed by atoms with E-state index in [0.29, 0.717) is 18.8 Å². The Bertz CT molecular complexity index is 898. The molecule has 3 aliphatic heterocycles. The molecule has 6 atom stereocenters. The fourth-order valence-corrected chi connectivity index (χ4v) is 7.48. The molecule has 9 heteroatoms. The van der Waals surface area contributed by atoms with Gasteiger partial charge in [-0.1, -0.05) is 6.92 Å². The number of nitrogens with one attached hydrogen (secondary N) is 1. The third-order valence-electron chi connectivity index (χ3n) is 7.88. The van der Waals surface area contributed by atoms with Gasteiger partial charge in [-0.2, -0.15) is 13.2 Å². The lowest BCUT2D eigenvalue weighted by Gasteiger charge is -2.34. The molecule has 1 aromatic carbocycles. The Morgan fingerprint density at radius 3 is 2.88 bits per heavy atom. The molecular formula is C23H29F3N2O3S. The van der Waals surface area contributed by atoms with Gasteiger partial charge in [-0.05, 0) is 49.4 Å². The van der Waals surface area contributed by atoms with Crippen LogP contribution in [0.3, 0.4) is 0 Å². The first kappa shape index (κ1) is 22.5. The van der Waals surface area contributed by atoms with E-state index in [4.69, 9.17) is 9.47 Å². The molecule has 1 aliphatic carbocycles. The predicted octanol–water partition coefficient (Wildman–Crippen LogP) is 4.05. The minimum Gasteiger partial charge on any atom is -0.379 e. The fraction of sp³-hybridized carbons (Fsp3) is 0.696. The van der Waals surface area contributed by atoms with Crippen molar-refractivity contribution in [1.29, 1.82) is 0 Å². The number of hydrogen-bond donors (Lipinski definition) is 1. The molecule has 1 spiro atoms. The number of nitrogens with zero attached hydrogens (tertiary/aromatic N) is 1. The van der Waals surface area contributed by atoms with Crippen LogP contribution >= 0.6 is 11.8 Å². The van der Waals surface area contributed by atoms with Crippen LogP contribution in [0.25, 0.3) is 0 Å². The number of fused-ring (bicyclic) bond motifs is 2. The summed E-state index contributed by atoms with van der Waals surface area (Å²) in [6, 6.07) is 4.36. The van der Waals surface area contributed by atoms with Gasteiger partial charge < -0.3 is 19.7 Å². The smallest absolute Gasteiger partial charge is 0.379 e. The van der Waals surface area contributed by atoms with Crippen LogP contribution in [0.1, 0.15) is 43.7 Å². The van der Waals surface area contributed by atoms with Crippen molar-refractivity contribution in [2.45, 2.75) is 73.8 Å². The summed E-state index contributed by atoms with van der Waals surface area (Å²) in [7, 11) is 1.70. The van der Waals surface area contributed by atoms with Crippen LogP contribution in [0.5, 0.6) is 0 Å². The van der Waals surface area contributed by atoms with Crippen LogP contribution in [0.2, 0.25) is 0 Å². The number of rotatable bonds is 3. The van der Waals surface area contributed by atoms with Crippen molar-refractivity contribution in [3.05, 3.63) is 29.3 Å². The summed E-state index contributed by atoms with van der Waals surface area (Å²) in [5, 5.41) is 3.70. The average Bonchev–Trinajstić information content (AvgIpc) is 3.28. The molecule has 1 amide bonds. The van der Waals surface area contributed by atoms with Gasteiger partial charge in [0.15, 0.2) is 0 Å². The van der Waals surface area contributed by atoms with Crippen molar-refractivity contribution in [2.24, 2.45) is 11.3 Å². The maximum Gasteiger partial charge on any atom is 0.416 e. The summed E-state index contributed by atoms with van der Waals surface area (Å²) >= 11 is 1.54. The van der Waals surface area contributed by atoms with Crippen molar-refractivity contribution in [1.82, 2.24) is 10.2 Å². The van der Waals surface area contributed by atoms with Crippen LogP contribution in [-0.4, -0.2) is 54.7 Å². The van der Waals surface area contributed by atoms with E-state index in [0.717, 1.165) is 36.6 Å². The number of carbonyl (C=O) groups is 1. The van der Waals surface area contributed by atoms with E-state index in [9.17, 15) is 18.0 Å². The van der Waals surface area contributed by atoms with Crippen LogP contribution in [-0.2, 0) is 27.0 Å². The van der Waals surface area contributed by atoms with Crippen LogP contribution in [0.15, 0.2) is 23.1 Å². The Balaban J connectivity index is 1.33. The monoisotopic (exact) mass is 470 g/mol. The van der Waals surface area contributed by atoms with E-state index in [2.05, 4.69) is 12.2 Å². The standard InChI is InChI=1S/C23H29F3N2O3S/c1-13-20-28(11-14-9-15(23(24,25)26)3-4-19(14)32-20)21(29)22(13)7-5-16(10-22)27-17-6-8-31-12-18(17)30-2/h3-4,9,13,16-18,20,27H,5-8,10-12H2,1-2H3/t13?,16-,17?,18?,20?,22+/m1/s1. The highest BCUT2D eigenvalue weighted by Crippen LogP contribution is 2.58. The number of methoxy groups -OCH3 is 1. The van der Waals surface area contributed by atoms with E-state index < -0.39 is 17.2 Å². The van der Waals surface area contributed by atoms with Crippen molar-refractivity contribution in [3.8, 4) is 0 Å². The van der Waals surface area contributed by atoms with E-state index in [1.54, 1.807) is 24.9 Å². The molecule has 2 saturated heterocycles. The first-order valence-electron chi connectivity index (χ1n) is 11.3. The summed E-state index contributed by atoms with van der Waals surface area (Å²) in [6.45, 7) is 3.67. The highest BCUT2D eigenvalue weighted by atomic mass is 32.2. The average molecular weight is 471 g/mol. The lowest BCUT2D eigenvalue weighted by Crippen LogP contribution is -2.51. The van der Waals surface area contributed by atoms with E-state index in [1.807, 2.05) is 4.90 Å². The fourth-order valence-electron chi connectivity index (χ4n) is 6.04. The van der Waals surface area contributed by atoms with Gasteiger partial charge in [0, 0.05) is 43.2 Å². The number of carbonyl (C=O) groups excluding carboxylic acids is 1. The predicted molar refractivity (Wildman–Crippen MR) is 114 cm³/mol. The minimum atomic E-state index is -4.38. The molecule has 0 bridgehead atoms. The molecule has 1 saturated carbocycles. The second-order valence-corrected chi connectivity index (χ2v) is 10.7.